The highest BCUT2D eigenvalue weighted by Gasteiger charge is 2.23. The van der Waals surface area contributed by atoms with Crippen LogP contribution in [-0.2, 0) is 4.79 Å². The number of aromatic nitrogens is 2. The predicted molar refractivity (Wildman–Crippen MR) is 120 cm³/mol. The average molecular weight is 501 g/mol. The molecule has 1 aromatic carbocycles. The van der Waals surface area contributed by atoms with Crippen molar-refractivity contribution in [1.82, 2.24) is 15.3 Å². The summed E-state index contributed by atoms with van der Waals surface area (Å²) in [5.74, 6) is 0.312. The van der Waals surface area contributed by atoms with Crippen molar-refractivity contribution in [2.24, 2.45) is 0 Å². The molecule has 156 valence electrons. The summed E-state index contributed by atoms with van der Waals surface area (Å²) in [6, 6.07) is 4.71. The normalized spacial score (nSPS) is 11.7. The molecular weight excluding hydrogens is 479 g/mol. The van der Waals surface area contributed by atoms with E-state index in [4.69, 9.17) is 0 Å². The zero-order valence-corrected chi connectivity index (χ0v) is 19.3. The summed E-state index contributed by atoms with van der Waals surface area (Å²) in [6.07, 6.45) is 4.87. The van der Waals surface area contributed by atoms with Gasteiger partial charge in [-0.2, -0.15) is 11.8 Å². The number of hydrogen-bond donors (Lipinski definition) is 2. The lowest BCUT2D eigenvalue weighted by atomic mass is 10.2. The molecule has 0 aliphatic rings. The Labute approximate surface area is 186 Å². The Bertz CT molecular complexity index is 839. The Hall–Kier alpha value is -1.65. The summed E-state index contributed by atoms with van der Waals surface area (Å²) < 4.78 is 13.5. The molecule has 0 saturated heterocycles. The zero-order chi connectivity index (χ0) is 21.2. The van der Waals surface area contributed by atoms with Crippen molar-refractivity contribution in [3.8, 4) is 0 Å². The van der Waals surface area contributed by atoms with Crippen molar-refractivity contribution in [1.29, 1.82) is 0 Å². The molecule has 2 rings (SSSR count). The second kappa shape index (κ2) is 12.1. The first kappa shape index (κ1) is 23.6. The minimum atomic E-state index is -0.756. The number of halogens is 2. The van der Waals surface area contributed by atoms with Crippen LogP contribution in [-0.4, -0.2) is 45.6 Å². The van der Waals surface area contributed by atoms with Crippen LogP contribution in [0.4, 0.5) is 10.1 Å². The molecule has 0 saturated carbocycles. The van der Waals surface area contributed by atoms with Crippen molar-refractivity contribution in [2.75, 3.05) is 23.1 Å². The van der Waals surface area contributed by atoms with Crippen LogP contribution in [0.25, 0.3) is 0 Å². The Balaban J connectivity index is 2.13. The van der Waals surface area contributed by atoms with E-state index in [-0.39, 0.29) is 17.4 Å². The molecule has 2 aromatic rings. The third-order valence-electron chi connectivity index (χ3n) is 3.72. The number of hydrogen-bond acceptors (Lipinski definition) is 6. The molecule has 0 aliphatic carbocycles. The maximum absolute atomic E-state index is 13.1. The molecule has 0 unspecified atom stereocenters. The first-order valence-corrected chi connectivity index (χ1v) is 12.1. The lowest BCUT2D eigenvalue weighted by Gasteiger charge is -2.18. The van der Waals surface area contributed by atoms with Gasteiger partial charge < -0.3 is 10.6 Å². The number of nitrogens with zero attached hydrogens (tertiary/aromatic N) is 2. The monoisotopic (exact) mass is 500 g/mol. The molecule has 29 heavy (non-hydrogen) atoms. The number of nitrogens with one attached hydrogen (secondary N) is 2. The number of thioether (sulfide) groups is 2. The molecule has 0 spiro atoms. The molecule has 0 radical (unpaired) electrons. The van der Waals surface area contributed by atoms with Crippen molar-refractivity contribution >= 4 is 57.0 Å². The SMILES string of the molecule is CCCSc1ncc(Br)c(C(=O)N[C@@H](CCSC)C(=O)Nc2ccc(F)cc2)n1. The molecule has 0 bridgehead atoms. The van der Waals surface area contributed by atoms with Gasteiger partial charge in [0, 0.05) is 17.6 Å². The summed E-state index contributed by atoms with van der Waals surface area (Å²) >= 11 is 6.34. The molecular formula is C19H22BrFN4O2S2. The van der Waals surface area contributed by atoms with E-state index in [1.54, 1.807) is 11.8 Å². The quantitative estimate of drug-likeness (QED) is 0.372. The molecule has 0 aliphatic heterocycles. The van der Waals surface area contributed by atoms with Crippen molar-refractivity contribution in [3.05, 3.63) is 46.4 Å². The Kier molecular flexibility index (Phi) is 9.89. The second-order valence-electron chi connectivity index (χ2n) is 6.00. The van der Waals surface area contributed by atoms with Gasteiger partial charge in [0.2, 0.25) is 5.91 Å². The number of amides is 2. The van der Waals surface area contributed by atoms with Crippen LogP contribution in [0.5, 0.6) is 0 Å². The van der Waals surface area contributed by atoms with E-state index in [1.165, 1.54) is 42.2 Å². The third-order valence-corrected chi connectivity index (χ3v) is 6.01. The largest absolute Gasteiger partial charge is 0.339 e. The lowest BCUT2D eigenvalue weighted by Crippen LogP contribution is -2.44. The van der Waals surface area contributed by atoms with E-state index in [9.17, 15) is 14.0 Å². The van der Waals surface area contributed by atoms with Crippen LogP contribution in [0.1, 0.15) is 30.3 Å². The number of carbonyl (C=O) groups excluding carboxylic acids is 2. The van der Waals surface area contributed by atoms with Gasteiger partial charge in [-0.3, -0.25) is 9.59 Å². The summed E-state index contributed by atoms with van der Waals surface area (Å²) in [5, 5.41) is 5.98. The summed E-state index contributed by atoms with van der Waals surface area (Å²) in [7, 11) is 0. The number of benzene rings is 1. The number of carbonyl (C=O) groups is 2. The average Bonchev–Trinajstić information content (AvgIpc) is 2.71. The highest BCUT2D eigenvalue weighted by Crippen LogP contribution is 2.20. The molecule has 1 aromatic heterocycles. The topological polar surface area (TPSA) is 84.0 Å². The van der Waals surface area contributed by atoms with Gasteiger partial charge in [-0.1, -0.05) is 18.7 Å². The molecule has 2 N–H and O–H groups in total. The Morgan fingerprint density at radius 3 is 2.62 bits per heavy atom. The van der Waals surface area contributed by atoms with Gasteiger partial charge in [0.15, 0.2) is 5.16 Å². The maximum Gasteiger partial charge on any atom is 0.271 e. The predicted octanol–water partition coefficient (Wildman–Crippen LogP) is 4.37. The van der Waals surface area contributed by atoms with Crippen LogP contribution in [0, 0.1) is 5.82 Å². The Morgan fingerprint density at radius 1 is 1.24 bits per heavy atom. The fourth-order valence-electron chi connectivity index (χ4n) is 2.27. The molecule has 1 atom stereocenters. The van der Waals surface area contributed by atoms with Gasteiger partial charge in [0.1, 0.15) is 17.6 Å². The van der Waals surface area contributed by atoms with Gasteiger partial charge in [-0.25, -0.2) is 14.4 Å². The lowest BCUT2D eigenvalue weighted by molar-refractivity contribution is -0.118. The fourth-order valence-corrected chi connectivity index (χ4v) is 3.78. The van der Waals surface area contributed by atoms with Crippen LogP contribution >= 0.6 is 39.5 Å². The summed E-state index contributed by atoms with van der Waals surface area (Å²) in [5.41, 5.74) is 0.642. The highest BCUT2D eigenvalue weighted by molar-refractivity contribution is 9.10. The summed E-state index contributed by atoms with van der Waals surface area (Å²) in [6.45, 7) is 2.05. The van der Waals surface area contributed by atoms with Crippen LogP contribution in [0.15, 0.2) is 40.1 Å². The summed E-state index contributed by atoms with van der Waals surface area (Å²) in [4.78, 5) is 34.0. The standard InChI is InChI=1S/C19H22BrFN4O2S2/c1-3-9-29-19-22-11-14(20)16(25-19)18(27)24-15(8-10-28-2)17(26)23-13-6-4-12(21)5-7-13/h4-7,11,15H,3,8-10H2,1-2H3,(H,23,26)(H,24,27)/t15-/m0/s1. The first-order chi connectivity index (χ1) is 13.9. The maximum atomic E-state index is 13.1. The van der Waals surface area contributed by atoms with Gasteiger partial charge in [0.05, 0.1) is 4.47 Å². The first-order valence-electron chi connectivity index (χ1n) is 8.96. The van der Waals surface area contributed by atoms with E-state index in [1.807, 2.05) is 6.26 Å². The minimum absolute atomic E-state index is 0.183. The smallest absolute Gasteiger partial charge is 0.271 e. The molecule has 0 fully saturated rings. The highest BCUT2D eigenvalue weighted by atomic mass is 79.9. The zero-order valence-electron chi connectivity index (χ0n) is 16.1. The van der Waals surface area contributed by atoms with E-state index < -0.39 is 11.9 Å². The fraction of sp³-hybridized carbons (Fsp3) is 0.368. The second-order valence-corrected chi connectivity index (χ2v) is 8.90. The number of anilines is 1. The van der Waals surface area contributed by atoms with Crippen LogP contribution < -0.4 is 10.6 Å². The van der Waals surface area contributed by atoms with E-state index >= 15 is 0 Å². The van der Waals surface area contributed by atoms with E-state index in [2.05, 4.69) is 43.5 Å². The third kappa shape index (κ3) is 7.60. The minimum Gasteiger partial charge on any atom is -0.339 e. The molecule has 1 heterocycles. The Morgan fingerprint density at radius 2 is 1.97 bits per heavy atom. The number of rotatable bonds is 10. The van der Waals surface area contributed by atoms with Crippen molar-refractivity contribution < 1.29 is 14.0 Å². The van der Waals surface area contributed by atoms with Gasteiger partial charge in [-0.15, -0.1) is 0 Å². The van der Waals surface area contributed by atoms with Gasteiger partial charge >= 0.3 is 0 Å². The van der Waals surface area contributed by atoms with E-state index in [0.29, 0.717) is 27.5 Å². The molecule has 2 amide bonds. The molecule has 6 nitrogen and oxygen atoms in total. The van der Waals surface area contributed by atoms with Gasteiger partial charge in [0.25, 0.3) is 5.91 Å². The van der Waals surface area contributed by atoms with Crippen LogP contribution in [0.3, 0.4) is 0 Å². The van der Waals surface area contributed by atoms with Crippen molar-refractivity contribution in [3.63, 3.8) is 0 Å². The van der Waals surface area contributed by atoms with Crippen LogP contribution in [0.2, 0.25) is 0 Å². The van der Waals surface area contributed by atoms with Crippen molar-refractivity contribution in [2.45, 2.75) is 31.0 Å². The molecule has 10 heteroatoms. The van der Waals surface area contributed by atoms with E-state index in [0.717, 1.165) is 12.2 Å². The van der Waals surface area contributed by atoms with Gasteiger partial charge in [-0.05, 0) is 65.0 Å².